The van der Waals surface area contributed by atoms with Crippen LogP contribution in [-0.2, 0) is 4.79 Å². The predicted octanol–water partition coefficient (Wildman–Crippen LogP) is 1.94. The van der Waals surface area contributed by atoms with E-state index in [2.05, 4.69) is 17.9 Å². The van der Waals surface area contributed by atoms with Crippen LogP contribution in [0.3, 0.4) is 0 Å². The maximum absolute atomic E-state index is 10.7. The van der Waals surface area contributed by atoms with Crippen molar-refractivity contribution in [3.63, 3.8) is 0 Å². The molecule has 0 aliphatic rings. The van der Waals surface area contributed by atoms with Gasteiger partial charge < -0.3 is 5.32 Å². The van der Waals surface area contributed by atoms with Gasteiger partial charge >= 0.3 is 0 Å². The van der Waals surface area contributed by atoms with E-state index >= 15 is 0 Å². The molecule has 2 nitrogen and oxygen atoms in total. The van der Waals surface area contributed by atoms with Crippen LogP contribution < -0.4 is 5.32 Å². The zero-order valence-corrected chi connectivity index (χ0v) is 7.71. The Balaban J connectivity index is 2.58. The molecule has 0 bridgehead atoms. The van der Waals surface area contributed by atoms with E-state index in [9.17, 15) is 4.79 Å². The van der Waals surface area contributed by atoms with Crippen LogP contribution in [0.5, 0.6) is 0 Å². The molecule has 3 heteroatoms. The molecule has 0 amide bonds. The highest BCUT2D eigenvalue weighted by atomic mass is 32.1. The van der Waals surface area contributed by atoms with E-state index in [0.29, 0.717) is 0 Å². The Morgan fingerprint density at radius 2 is 2.00 bits per heavy atom. The lowest BCUT2D eigenvalue weighted by atomic mass is 10.3. The maximum atomic E-state index is 10.7. The summed E-state index contributed by atoms with van der Waals surface area (Å²) in [6.07, 6.45) is 0. The molecule has 0 saturated carbocycles. The minimum Gasteiger partial charge on any atom is -0.375 e. The predicted molar refractivity (Wildman–Crippen MR) is 53.5 cm³/mol. The quantitative estimate of drug-likeness (QED) is 0.698. The zero-order valence-electron chi connectivity index (χ0n) is 6.82. The monoisotopic (exact) mass is 181 g/mol. The normalized spacial score (nSPS) is 12.2. The lowest BCUT2D eigenvalue weighted by molar-refractivity contribution is -0.111. The van der Waals surface area contributed by atoms with Gasteiger partial charge in [0.1, 0.15) is 0 Å². The fraction of sp³-hybridized carbons (Fsp3) is 0.222. The Morgan fingerprint density at radius 1 is 1.42 bits per heavy atom. The molecule has 1 atom stereocenters. The molecular formula is C9H11NOS. The molecular weight excluding hydrogens is 170 g/mol. The van der Waals surface area contributed by atoms with Crippen molar-refractivity contribution in [1.29, 1.82) is 0 Å². The van der Waals surface area contributed by atoms with E-state index in [-0.39, 0.29) is 11.2 Å². The molecule has 12 heavy (non-hydrogen) atoms. The van der Waals surface area contributed by atoms with Gasteiger partial charge in [-0.05, 0) is 19.1 Å². The largest absolute Gasteiger partial charge is 0.375 e. The summed E-state index contributed by atoms with van der Waals surface area (Å²) in [6.45, 7) is 1.78. The summed E-state index contributed by atoms with van der Waals surface area (Å²) in [7, 11) is 0. The molecule has 1 aromatic carbocycles. The van der Waals surface area contributed by atoms with Crippen LogP contribution in [0.25, 0.3) is 0 Å². The Labute approximate surface area is 77.4 Å². The Hall–Kier alpha value is -0.960. The topological polar surface area (TPSA) is 29.1 Å². The highest BCUT2D eigenvalue weighted by Crippen LogP contribution is 2.07. The van der Waals surface area contributed by atoms with Crippen molar-refractivity contribution in [1.82, 2.24) is 0 Å². The van der Waals surface area contributed by atoms with Crippen LogP contribution in [0.4, 0.5) is 5.69 Å². The number of hydrogen-bond acceptors (Lipinski definition) is 2. The van der Waals surface area contributed by atoms with Gasteiger partial charge in [0.05, 0.1) is 6.04 Å². The number of anilines is 1. The molecule has 0 aliphatic carbocycles. The van der Waals surface area contributed by atoms with Gasteiger partial charge in [0.15, 0.2) is 0 Å². The van der Waals surface area contributed by atoms with Crippen LogP contribution >= 0.6 is 12.6 Å². The van der Waals surface area contributed by atoms with Gasteiger partial charge in [0, 0.05) is 5.69 Å². The van der Waals surface area contributed by atoms with Crippen molar-refractivity contribution < 1.29 is 4.79 Å². The van der Waals surface area contributed by atoms with Crippen molar-refractivity contribution in [2.45, 2.75) is 13.0 Å². The number of para-hydroxylation sites is 1. The van der Waals surface area contributed by atoms with Crippen molar-refractivity contribution in [3.05, 3.63) is 30.3 Å². The third kappa shape index (κ3) is 2.58. The van der Waals surface area contributed by atoms with Gasteiger partial charge in [-0.1, -0.05) is 18.2 Å². The standard InChI is InChI=1S/C9H11NOS/c1-7(9(11)12)10-8-5-3-2-4-6-8/h2-7,10H,1H3,(H,11,12)/t7-/m0/s1. The maximum Gasteiger partial charge on any atom is 0.207 e. The first-order chi connectivity index (χ1) is 5.70. The second-order valence-corrected chi connectivity index (χ2v) is 3.01. The van der Waals surface area contributed by atoms with E-state index in [1.165, 1.54) is 0 Å². The number of thiol groups is 1. The Kier molecular flexibility index (Phi) is 3.17. The fourth-order valence-electron chi connectivity index (χ4n) is 0.846. The van der Waals surface area contributed by atoms with Gasteiger partial charge in [0.25, 0.3) is 0 Å². The highest BCUT2D eigenvalue weighted by Gasteiger charge is 2.06. The number of benzene rings is 1. The minimum atomic E-state index is -0.240. The van der Waals surface area contributed by atoms with Crippen LogP contribution in [0.1, 0.15) is 6.92 Å². The second kappa shape index (κ2) is 4.16. The summed E-state index contributed by atoms with van der Waals surface area (Å²) in [5.74, 6) is 0. The molecule has 0 heterocycles. The summed E-state index contributed by atoms with van der Waals surface area (Å²) in [5, 5.41) is 2.86. The minimum absolute atomic E-state index is 0.154. The average molecular weight is 181 g/mol. The summed E-state index contributed by atoms with van der Waals surface area (Å²) < 4.78 is 0. The van der Waals surface area contributed by atoms with E-state index < -0.39 is 0 Å². The number of hydrogen-bond donors (Lipinski definition) is 2. The second-order valence-electron chi connectivity index (χ2n) is 2.57. The Bertz CT molecular complexity index is 260. The average Bonchev–Trinajstić information content (AvgIpc) is 2.06. The fourth-order valence-corrected chi connectivity index (χ4v) is 0.911. The number of nitrogens with one attached hydrogen (secondary N) is 1. The summed E-state index contributed by atoms with van der Waals surface area (Å²) in [5.41, 5.74) is 0.937. The molecule has 0 unspecified atom stereocenters. The van der Waals surface area contributed by atoms with E-state index in [4.69, 9.17) is 0 Å². The van der Waals surface area contributed by atoms with Crippen LogP contribution in [0.15, 0.2) is 30.3 Å². The Morgan fingerprint density at radius 3 is 2.50 bits per heavy atom. The van der Waals surface area contributed by atoms with Crippen LogP contribution in [0, 0.1) is 0 Å². The van der Waals surface area contributed by atoms with Crippen molar-refractivity contribution in [3.8, 4) is 0 Å². The van der Waals surface area contributed by atoms with E-state index in [1.54, 1.807) is 6.92 Å². The lowest BCUT2D eigenvalue weighted by Gasteiger charge is -2.10. The van der Waals surface area contributed by atoms with Gasteiger partial charge in [-0.2, -0.15) is 0 Å². The first kappa shape index (κ1) is 9.13. The summed E-state index contributed by atoms with van der Waals surface area (Å²) in [4.78, 5) is 10.7. The van der Waals surface area contributed by atoms with Gasteiger partial charge in [-0.3, -0.25) is 4.79 Å². The van der Waals surface area contributed by atoms with Gasteiger partial charge in [0.2, 0.25) is 5.12 Å². The van der Waals surface area contributed by atoms with Gasteiger partial charge in [-0.25, -0.2) is 0 Å². The lowest BCUT2D eigenvalue weighted by Crippen LogP contribution is -2.21. The van der Waals surface area contributed by atoms with Crippen LogP contribution in [-0.4, -0.2) is 11.2 Å². The molecule has 0 fully saturated rings. The third-order valence-corrected chi connectivity index (χ3v) is 1.91. The first-order valence-electron chi connectivity index (χ1n) is 3.74. The highest BCUT2D eigenvalue weighted by molar-refractivity contribution is 7.96. The molecule has 64 valence electrons. The van der Waals surface area contributed by atoms with Gasteiger partial charge in [-0.15, -0.1) is 12.6 Å². The number of carbonyl (C=O) groups excluding carboxylic acids is 1. The summed E-state index contributed by atoms with van der Waals surface area (Å²) >= 11 is 3.72. The first-order valence-corrected chi connectivity index (χ1v) is 4.19. The molecule has 0 aromatic heterocycles. The molecule has 0 spiro atoms. The molecule has 0 radical (unpaired) electrons. The number of rotatable bonds is 3. The molecule has 1 N–H and O–H groups in total. The molecule has 0 aliphatic heterocycles. The molecule has 1 rings (SSSR count). The molecule has 0 saturated heterocycles. The zero-order chi connectivity index (χ0) is 8.97. The third-order valence-electron chi connectivity index (χ3n) is 1.53. The SMILES string of the molecule is C[C@H](Nc1ccccc1)C(=O)S. The smallest absolute Gasteiger partial charge is 0.207 e. The van der Waals surface area contributed by atoms with E-state index in [1.807, 2.05) is 30.3 Å². The summed E-state index contributed by atoms with van der Waals surface area (Å²) in [6, 6.07) is 9.34. The van der Waals surface area contributed by atoms with Crippen molar-refractivity contribution >= 4 is 23.4 Å². The van der Waals surface area contributed by atoms with Crippen molar-refractivity contribution in [2.75, 3.05) is 5.32 Å². The van der Waals surface area contributed by atoms with Crippen LogP contribution in [0.2, 0.25) is 0 Å². The van der Waals surface area contributed by atoms with Crippen molar-refractivity contribution in [2.24, 2.45) is 0 Å². The molecule has 1 aromatic rings. The van der Waals surface area contributed by atoms with E-state index in [0.717, 1.165) is 5.69 Å². The number of carbonyl (C=O) groups is 1.